The molecule has 0 spiro atoms. The molecule has 2 aliphatic rings. The van der Waals surface area contributed by atoms with Gasteiger partial charge in [0.15, 0.2) is 0 Å². The Morgan fingerprint density at radius 1 is 1.25 bits per heavy atom. The molecular weight excluding hydrogens is 274 g/mol. The summed E-state index contributed by atoms with van der Waals surface area (Å²) in [6.45, 7) is 3.13. The Morgan fingerprint density at radius 2 is 2.05 bits per heavy atom. The number of nitrogens with one attached hydrogen (secondary N) is 1. The van der Waals surface area contributed by atoms with Crippen LogP contribution in [0.25, 0.3) is 0 Å². The first kappa shape index (κ1) is 13.5. The maximum absolute atomic E-state index is 5.98. The van der Waals surface area contributed by atoms with Crippen LogP contribution in [0.15, 0.2) is 47.8 Å². The molecule has 1 saturated heterocycles. The Balaban J connectivity index is 1.89. The highest BCUT2D eigenvalue weighted by Gasteiger charge is 2.25. The van der Waals surface area contributed by atoms with Gasteiger partial charge in [-0.05, 0) is 36.4 Å². The first-order valence-corrected chi connectivity index (χ1v) is 7.13. The molecule has 3 N–H and O–H groups in total. The average molecular weight is 292 g/mol. The van der Waals surface area contributed by atoms with Crippen molar-refractivity contribution >= 4 is 17.3 Å². The molecule has 5 heteroatoms. The molecule has 0 aliphatic carbocycles. The lowest BCUT2D eigenvalue weighted by atomic mass is 10.1. The maximum Gasteiger partial charge on any atom is 0.110 e. The van der Waals surface area contributed by atoms with Crippen LogP contribution < -0.4 is 16.0 Å². The van der Waals surface area contributed by atoms with Crippen LogP contribution in [0.1, 0.15) is 0 Å². The van der Waals surface area contributed by atoms with Gasteiger partial charge in [-0.15, -0.1) is 0 Å². The lowest BCUT2D eigenvalue weighted by molar-refractivity contribution is 0.0501. The lowest BCUT2D eigenvalue weighted by Crippen LogP contribution is -2.45. The number of nitrogens with zero attached hydrogens (tertiary/aromatic N) is 1. The second-order valence-corrected chi connectivity index (χ2v) is 5.40. The summed E-state index contributed by atoms with van der Waals surface area (Å²) >= 11 is 5.96. The molecular formula is C15H18ClN3O. The fraction of sp³-hybridized carbons (Fsp3) is 0.333. The third-order valence-electron chi connectivity index (χ3n) is 3.52. The monoisotopic (exact) mass is 291 g/mol. The van der Waals surface area contributed by atoms with Gasteiger partial charge in [0.05, 0.1) is 13.2 Å². The van der Waals surface area contributed by atoms with Crippen LogP contribution in [-0.4, -0.2) is 32.3 Å². The Hall–Kier alpha value is -1.49. The van der Waals surface area contributed by atoms with E-state index in [1.54, 1.807) is 0 Å². The van der Waals surface area contributed by atoms with E-state index in [-0.39, 0.29) is 6.10 Å². The molecule has 1 unspecified atom stereocenters. The van der Waals surface area contributed by atoms with Crippen LogP contribution in [0.2, 0.25) is 5.02 Å². The minimum absolute atomic E-state index is 0.0591. The van der Waals surface area contributed by atoms with Crippen molar-refractivity contribution in [3.63, 3.8) is 0 Å². The topological polar surface area (TPSA) is 50.5 Å². The van der Waals surface area contributed by atoms with E-state index in [4.69, 9.17) is 22.1 Å². The third-order valence-corrected chi connectivity index (χ3v) is 3.77. The zero-order valence-corrected chi connectivity index (χ0v) is 11.9. The number of morpholine rings is 1. The summed E-state index contributed by atoms with van der Waals surface area (Å²) in [5.41, 5.74) is 9.02. The predicted octanol–water partition coefficient (Wildman–Crippen LogP) is 1.87. The van der Waals surface area contributed by atoms with Crippen molar-refractivity contribution in [2.75, 3.05) is 31.1 Å². The molecule has 1 fully saturated rings. The summed E-state index contributed by atoms with van der Waals surface area (Å²) < 4.78 is 5.86. The van der Waals surface area contributed by atoms with Crippen LogP contribution in [0.5, 0.6) is 0 Å². The van der Waals surface area contributed by atoms with Crippen molar-refractivity contribution in [2.45, 2.75) is 6.10 Å². The van der Waals surface area contributed by atoms with Gasteiger partial charge in [-0.3, -0.25) is 0 Å². The third kappa shape index (κ3) is 2.82. The Bertz CT molecular complexity index is 533. The quantitative estimate of drug-likeness (QED) is 0.873. The van der Waals surface area contributed by atoms with E-state index in [1.807, 2.05) is 36.4 Å². The number of rotatable bonds is 2. The van der Waals surface area contributed by atoms with E-state index >= 15 is 0 Å². The smallest absolute Gasteiger partial charge is 0.110 e. The second kappa shape index (κ2) is 5.87. The normalized spacial score (nSPS) is 23.2. The number of ether oxygens (including phenoxy) is 1. The number of hydrogen-bond acceptors (Lipinski definition) is 4. The molecule has 0 amide bonds. The summed E-state index contributed by atoms with van der Waals surface area (Å²) in [4.78, 5) is 2.18. The van der Waals surface area contributed by atoms with Gasteiger partial charge in [-0.1, -0.05) is 11.6 Å². The molecule has 3 rings (SSSR count). The van der Waals surface area contributed by atoms with Crippen molar-refractivity contribution in [2.24, 2.45) is 5.73 Å². The molecule has 0 saturated carbocycles. The Kier molecular flexibility index (Phi) is 3.96. The minimum Gasteiger partial charge on any atom is -0.401 e. The fourth-order valence-corrected chi connectivity index (χ4v) is 2.63. The highest BCUT2D eigenvalue weighted by molar-refractivity contribution is 6.30. The molecule has 1 aromatic carbocycles. The van der Waals surface area contributed by atoms with E-state index < -0.39 is 0 Å². The van der Waals surface area contributed by atoms with E-state index in [0.717, 1.165) is 41.8 Å². The van der Waals surface area contributed by atoms with Crippen molar-refractivity contribution in [1.29, 1.82) is 0 Å². The molecule has 0 aromatic heterocycles. The minimum atomic E-state index is 0.0591. The van der Waals surface area contributed by atoms with Gasteiger partial charge >= 0.3 is 0 Å². The standard InChI is InChI=1S/C15H18ClN3O/c16-11-1-4-13(5-2-11)19-10-12(17)3-6-14(19)15-9-18-7-8-20-15/h1-6,15,18H,7-10,17H2. The second-order valence-electron chi connectivity index (χ2n) is 4.96. The lowest BCUT2D eigenvalue weighted by Gasteiger charge is -2.36. The molecule has 2 heterocycles. The van der Waals surface area contributed by atoms with Crippen LogP contribution in [-0.2, 0) is 4.74 Å². The fourth-order valence-electron chi connectivity index (χ4n) is 2.51. The number of anilines is 1. The number of allylic oxidation sites excluding steroid dienone is 2. The molecule has 1 aromatic rings. The number of benzene rings is 1. The van der Waals surface area contributed by atoms with Crippen molar-refractivity contribution in [1.82, 2.24) is 5.32 Å². The van der Waals surface area contributed by atoms with Gasteiger partial charge in [0.25, 0.3) is 0 Å². The zero-order chi connectivity index (χ0) is 13.9. The van der Waals surface area contributed by atoms with Gasteiger partial charge in [0.1, 0.15) is 6.10 Å². The summed E-state index contributed by atoms with van der Waals surface area (Å²) in [5, 5.41) is 4.09. The summed E-state index contributed by atoms with van der Waals surface area (Å²) in [5.74, 6) is 0. The predicted molar refractivity (Wildman–Crippen MR) is 81.8 cm³/mol. The molecule has 1 atom stereocenters. The number of nitrogens with two attached hydrogens (primary N) is 1. The van der Waals surface area contributed by atoms with Gasteiger partial charge in [-0.25, -0.2) is 0 Å². The van der Waals surface area contributed by atoms with Crippen LogP contribution in [0.4, 0.5) is 5.69 Å². The van der Waals surface area contributed by atoms with E-state index in [1.165, 1.54) is 0 Å². The maximum atomic E-state index is 5.98. The van der Waals surface area contributed by atoms with Crippen LogP contribution in [0, 0.1) is 0 Å². The zero-order valence-electron chi connectivity index (χ0n) is 11.2. The average Bonchev–Trinajstić information content (AvgIpc) is 2.49. The number of halogens is 1. The SMILES string of the molecule is NC1=CC=C(C2CNCCO2)N(c2ccc(Cl)cc2)C1. The van der Waals surface area contributed by atoms with E-state index in [0.29, 0.717) is 6.54 Å². The van der Waals surface area contributed by atoms with Gasteiger partial charge in [0.2, 0.25) is 0 Å². The summed E-state index contributed by atoms with van der Waals surface area (Å²) in [6.07, 6.45) is 4.06. The summed E-state index contributed by atoms with van der Waals surface area (Å²) in [6, 6.07) is 7.79. The van der Waals surface area contributed by atoms with E-state index in [9.17, 15) is 0 Å². The molecule has 4 nitrogen and oxygen atoms in total. The van der Waals surface area contributed by atoms with Gasteiger partial charge < -0.3 is 20.7 Å². The highest BCUT2D eigenvalue weighted by Crippen LogP contribution is 2.27. The molecule has 0 radical (unpaired) electrons. The summed E-state index contributed by atoms with van der Waals surface area (Å²) in [7, 11) is 0. The van der Waals surface area contributed by atoms with Crippen molar-refractivity contribution in [3.05, 3.63) is 52.8 Å². The van der Waals surface area contributed by atoms with Crippen molar-refractivity contribution in [3.8, 4) is 0 Å². The molecule has 106 valence electrons. The first-order chi connectivity index (χ1) is 9.74. The molecule has 20 heavy (non-hydrogen) atoms. The highest BCUT2D eigenvalue weighted by atomic mass is 35.5. The first-order valence-electron chi connectivity index (χ1n) is 6.76. The Labute approximate surface area is 123 Å². The van der Waals surface area contributed by atoms with E-state index in [2.05, 4.69) is 10.2 Å². The van der Waals surface area contributed by atoms with Gasteiger partial charge in [-0.2, -0.15) is 0 Å². The largest absolute Gasteiger partial charge is 0.401 e. The number of hydrogen-bond donors (Lipinski definition) is 2. The van der Waals surface area contributed by atoms with Crippen molar-refractivity contribution < 1.29 is 4.74 Å². The van der Waals surface area contributed by atoms with Crippen LogP contribution >= 0.6 is 11.6 Å². The molecule has 2 aliphatic heterocycles. The van der Waals surface area contributed by atoms with Crippen LogP contribution in [0.3, 0.4) is 0 Å². The Morgan fingerprint density at radius 3 is 2.75 bits per heavy atom. The molecule has 0 bridgehead atoms. The van der Waals surface area contributed by atoms with Gasteiger partial charge in [0, 0.05) is 35.2 Å².